The summed E-state index contributed by atoms with van der Waals surface area (Å²) in [4.78, 5) is 0. The van der Waals surface area contributed by atoms with Crippen LogP contribution in [0.3, 0.4) is 0 Å². The van der Waals surface area contributed by atoms with Crippen molar-refractivity contribution in [2.75, 3.05) is 0 Å². The van der Waals surface area contributed by atoms with Crippen LogP contribution in [0.5, 0.6) is 0 Å². The quantitative estimate of drug-likeness (QED) is 0.409. The first kappa shape index (κ1) is 12.8. The maximum absolute atomic E-state index is 7.02. The molecule has 16 heavy (non-hydrogen) atoms. The molecule has 0 amide bonds. The average Bonchev–Trinajstić information content (AvgIpc) is 2.59. The van der Waals surface area contributed by atoms with E-state index in [0.717, 1.165) is 34.7 Å². The number of fused-ring (bicyclic) bond motifs is 1. The lowest BCUT2D eigenvalue weighted by Crippen LogP contribution is -2.26. The van der Waals surface area contributed by atoms with E-state index in [1.807, 2.05) is 18.2 Å². The summed E-state index contributed by atoms with van der Waals surface area (Å²) >= 11 is 6.06. The number of rotatable bonds is 1. The molecule has 1 aliphatic carbocycles. The van der Waals surface area contributed by atoms with E-state index < -0.39 is 0 Å². The highest BCUT2D eigenvalue weighted by atomic mass is 35.5. The summed E-state index contributed by atoms with van der Waals surface area (Å²) in [6, 6.07) is 5.76. The van der Waals surface area contributed by atoms with Crippen LogP contribution in [0, 0.1) is 5.41 Å². The first-order valence-corrected chi connectivity index (χ1v) is 5.00. The number of hydrogen-bond donors (Lipinski definition) is 3. The Morgan fingerprint density at radius 1 is 1.44 bits per heavy atom. The van der Waals surface area contributed by atoms with E-state index in [9.17, 15) is 0 Å². The summed E-state index contributed by atoms with van der Waals surface area (Å²) in [5.41, 5.74) is 10.7. The highest BCUT2D eigenvalue weighted by Crippen LogP contribution is 2.28. The molecular weight excluding hydrogens is 247 g/mol. The molecule has 0 atom stereocenters. The van der Waals surface area contributed by atoms with Gasteiger partial charge >= 0.3 is 0 Å². The van der Waals surface area contributed by atoms with Gasteiger partial charge in [-0.2, -0.15) is 5.10 Å². The number of nitrogens with two attached hydrogens (primary N) is 1. The van der Waals surface area contributed by atoms with Crippen molar-refractivity contribution in [2.24, 2.45) is 10.8 Å². The molecule has 0 aromatic heterocycles. The zero-order valence-electron chi connectivity index (χ0n) is 8.46. The Bertz CT molecular complexity index is 442. The van der Waals surface area contributed by atoms with E-state index >= 15 is 0 Å². The van der Waals surface area contributed by atoms with Gasteiger partial charge in [0.2, 0.25) is 5.96 Å². The first-order chi connectivity index (χ1) is 7.18. The molecule has 6 heteroatoms. The van der Waals surface area contributed by atoms with Crippen LogP contribution in [0.2, 0.25) is 5.02 Å². The van der Waals surface area contributed by atoms with Crippen LogP contribution in [0.15, 0.2) is 23.3 Å². The van der Waals surface area contributed by atoms with Crippen molar-refractivity contribution in [3.63, 3.8) is 0 Å². The number of hydrogen-bond acceptors (Lipinski definition) is 2. The van der Waals surface area contributed by atoms with E-state index in [1.54, 1.807) is 0 Å². The van der Waals surface area contributed by atoms with Crippen molar-refractivity contribution < 1.29 is 0 Å². The Hall–Kier alpha value is -1.26. The lowest BCUT2D eigenvalue weighted by Gasteiger charge is -2.02. The fraction of sp³-hybridized carbons (Fsp3) is 0.200. The predicted octanol–water partition coefficient (Wildman–Crippen LogP) is 1.90. The van der Waals surface area contributed by atoms with Crippen LogP contribution in [-0.4, -0.2) is 11.7 Å². The molecule has 1 aromatic rings. The van der Waals surface area contributed by atoms with Crippen molar-refractivity contribution in [3.8, 4) is 0 Å². The normalized spacial score (nSPS) is 15.4. The fourth-order valence-electron chi connectivity index (χ4n) is 1.71. The molecule has 1 aromatic carbocycles. The zero-order valence-corrected chi connectivity index (χ0v) is 10.0. The lowest BCUT2D eigenvalue weighted by atomic mass is 10.1. The van der Waals surface area contributed by atoms with E-state index in [1.165, 1.54) is 0 Å². The summed E-state index contributed by atoms with van der Waals surface area (Å²) in [6.07, 6.45) is 1.73. The van der Waals surface area contributed by atoms with Gasteiger partial charge in [-0.25, -0.2) is 5.43 Å². The van der Waals surface area contributed by atoms with Crippen LogP contribution in [0.4, 0.5) is 0 Å². The Morgan fingerprint density at radius 3 is 2.88 bits per heavy atom. The summed E-state index contributed by atoms with van der Waals surface area (Å²) in [5.74, 6) is -0.155. The van der Waals surface area contributed by atoms with Crippen molar-refractivity contribution in [1.82, 2.24) is 5.43 Å². The third kappa shape index (κ3) is 2.46. The molecule has 0 radical (unpaired) electrons. The van der Waals surface area contributed by atoms with E-state index in [2.05, 4.69) is 10.5 Å². The predicted molar refractivity (Wildman–Crippen MR) is 68.6 cm³/mol. The average molecular weight is 259 g/mol. The Balaban J connectivity index is 0.00000128. The summed E-state index contributed by atoms with van der Waals surface area (Å²) < 4.78 is 0. The van der Waals surface area contributed by atoms with Gasteiger partial charge in [-0.05, 0) is 24.5 Å². The monoisotopic (exact) mass is 258 g/mol. The second-order valence-corrected chi connectivity index (χ2v) is 3.76. The number of nitrogens with zero attached hydrogens (tertiary/aromatic N) is 1. The number of nitrogens with one attached hydrogen (secondary N) is 2. The minimum Gasteiger partial charge on any atom is -0.369 e. The van der Waals surface area contributed by atoms with Gasteiger partial charge in [-0.15, -0.1) is 12.4 Å². The molecule has 86 valence electrons. The Labute approximate surface area is 105 Å². The minimum absolute atomic E-state index is 0. The standard InChI is InChI=1S/C10H11ClN4.ClH/c11-8-3-1-2-7-6(8)4-5-9(7)14-15-10(12)13;/h1-3H,4-5H2,(H4,12,13,15);1H. The highest BCUT2D eigenvalue weighted by molar-refractivity contribution is 6.32. The van der Waals surface area contributed by atoms with Crippen LogP contribution in [0.25, 0.3) is 0 Å². The molecule has 0 bridgehead atoms. The van der Waals surface area contributed by atoms with Gasteiger partial charge in [0.25, 0.3) is 0 Å². The molecule has 4 nitrogen and oxygen atoms in total. The smallest absolute Gasteiger partial charge is 0.206 e. The summed E-state index contributed by atoms with van der Waals surface area (Å²) in [7, 11) is 0. The molecular formula is C10H12Cl2N4. The largest absolute Gasteiger partial charge is 0.369 e. The highest BCUT2D eigenvalue weighted by Gasteiger charge is 2.19. The molecule has 0 aliphatic heterocycles. The van der Waals surface area contributed by atoms with Gasteiger partial charge in [0.1, 0.15) is 0 Å². The van der Waals surface area contributed by atoms with E-state index in [0.29, 0.717) is 0 Å². The molecule has 0 fully saturated rings. The molecule has 1 aliphatic rings. The molecule has 0 saturated carbocycles. The van der Waals surface area contributed by atoms with E-state index in [4.69, 9.17) is 22.7 Å². The Kier molecular flexibility index (Phi) is 4.15. The molecule has 0 saturated heterocycles. The van der Waals surface area contributed by atoms with Crippen molar-refractivity contribution in [1.29, 1.82) is 5.41 Å². The van der Waals surface area contributed by atoms with Gasteiger partial charge in [-0.1, -0.05) is 23.7 Å². The van der Waals surface area contributed by atoms with Crippen LogP contribution in [0.1, 0.15) is 17.5 Å². The van der Waals surface area contributed by atoms with Crippen LogP contribution >= 0.6 is 24.0 Å². The first-order valence-electron chi connectivity index (χ1n) is 4.63. The molecule has 2 rings (SSSR count). The lowest BCUT2D eigenvalue weighted by molar-refractivity contribution is 0.976. The van der Waals surface area contributed by atoms with Gasteiger partial charge in [-0.3, -0.25) is 5.41 Å². The number of benzene rings is 1. The van der Waals surface area contributed by atoms with Gasteiger partial charge < -0.3 is 5.73 Å². The third-order valence-corrected chi connectivity index (χ3v) is 2.71. The van der Waals surface area contributed by atoms with Gasteiger partial charge in [0.15, 0.2) is 0 Å². The maximum atomic E-state index is 7.02. The molecule has 4 N–H and O–H groups in total. The maximum Gasteiger partial charge on any atom is 0.206 e. The second kappa shape index (κ2) is 5.18. The number of hydrazone groups is 1. The van der Waals surface area contributed by atoms with Crippen LogP contribution in [-0.2, 0) is 6.42 Å². The van der Waals surface area contributed by atoms with Crippen molar-refractivity contribution in [3.05, 3.63) is 34.3 Å². The fourth-order valence-corrected chi connectivity index (χ4v) is 1.97. The topological polar surface area (TPSA) is 74.3 Å². The number of halogens is 2. The van der Waals surface area contributed by atoms with Crippen molar-refractivity contribution in [2.45, 2.75) is 12.8 Å². The van der Waals surface area contributed by atoms with E-state index in [-0.39, 0.29) is 18.4 Å². The van der Waals surface area contributed by atoms with Gasteiger partial charge in [0, 0.05) is 10.6 Å². The van der Waals surface area contributed by atoms with Crippen molar-refractivity contribution >= 4 is 35.7 Å². The SMILES string of the molecule is Cl.N=C(N)NN=C1CCc2c(Cl)cccc21. The minimum atomic E-state index is -0.155. The summed E-state index contributed by atoms with van der Waals surface area (Å²) in [5, 5.41) is 11.9. The zero-order chi connectivity index (χ0) is 10.8. The number of guanidine groups is 1. The van der Waals surface area contributed by atoms with Gasteiger partial charge in [0.05, 0.1) is 5.71 Å². The molecule has 0 spiro atoms. The molecule has 0 heterocycles. The summed E-state index contributed by atoms with van der Waals surface area (Å²) in [6.45, 7) is 0. The Morgan fingerprint density at radius 2 is 2.19 bits per heavy atom. The molecule has 0 unspecified atom stereocenters. The third-order valence-electron chi connectivity index (χ3n) is 2.35. The van der Waals surface area contributed by atoms with Crippen LogP contribution < -0.4 is 11.2 Å². The second-order valence-electron chi connectivity index (χ2n) is 3.35.